The van der Waals surface area contributed by atoms with Gasteiger partial charge in [-0.25, -0.2) is 4.98 Å². The maximum absolute atomic E-state index is 11.4. The molecule has 35 heavy (non-hydrogen) atoms. The first kappa shape index (κ1) is 22.9. The summed E-state index contributed by atoms with van der Waals surface area (Å²) in [7, 11) is 1.88. The molecule has 3 aliphatic rings. The van der Waals surface area contributed by atoms with E-state index in [2.05, 4.69) is 15.3 Å². The zero-order chi connectivity index (χ0) is 23.8. The summed E-state index contributed by atoms with van der Waals surface area (Å²) in [5.74, 6) is 1.41. The topological polar surface area (TPSA) is 94.4 Å². The third-order valence-electron chi connectivity index (χ3n) is 7.59. The Balaban J connectivity index is 1.27. The van der Waals surface area contributed by atoms with Crippen LogP contribution in [0.4, 0.5) is 11.6 Å². The van der Waals surface area contributed by atoms with Gasteiger partial charge in [-0.2, -0.15) is 10.1 Å². The van der Waals surface area contributed by atoms with Crippen LogP contribution in [0.3, 0.4) is 0 Å². The van der Waals surface area contributed by atoms with Gasteiger partial charge in [0.1, 0.15) is 17.2 Å². The van der Waals surface area contributed by atoms with Crippen LogP contribution in [-0.4, -0.2) is 69.4 Å². The first-order chi connectivity index (χ1) is 17.2. The SMILES string of the molecule is Cn1cc(Nc2nc(O[C@H]3CC[C@H](N4CCOCC4)CC3)c3c4c(sc3n2)CC[C@@H]4CC=O)cn1. The van der Waals surface area contributed by atoms with Gasteiger partial charge in [0.15, 0.2) is 0 Å². The van der Waals surface area contributed by atoms with Crippen molar-refractivity contribution in [2.24, 2.45) is 7.05 Å². The van der Waals surface area contributed by atoms with E-state index in [0.717, 1.165) is 87.0 Å². The van der Waals surface area contributed by atoms with Crippen LogP contribution in [0.5, 0.6) is 5.88 Å². The smallest absolute Gasteiger partial charge is 0.232 e. The maximum Gasteiger partial charge on any atom is 0.232 e. The second kappa shape index (κ2) is 9.83. The predicted octanol–water partition coefficient (Wildman–Crippen LogP) is 3.81. The van der Waals surface area contributed by atoms with E-state index >= 15 is 0 Å². The molecule has 6 rings (SSSR count). The molecular formula is C25H32N6O3S. The van der Waals surface area contributed by atoms with E-state index < -0.39 is 0 Å². The summed E-state index contributed by atoms with van der Waals surface area (Å²) in [6.07, 6.45) is 11.7. The van der Waals surface area contributed by atoms with Crippen molar-refractivity contribution < 1.29 is 14.3 Å². The van der Waals surface area contributed by atoms with Crippen LogP contribution in [0.15, 0.2) is 12.4 Å². The van der Waals surface area contributed by atoms with Gasteiger partial charge in [-0.05, 0) is 50.0 Å². The molecule has 0 bridgehead atoms. The molecule has 0 unspecified atom stereocenters. The van der Waals surface area contributed by atoms with E-state index in [0.29, 0.717) is 24.3 Å². The normalized spacial score (nSPS) is 25.0. The molecule has 9 nitrogen and oxygen atoms in total. The van der Waals surface area contributed by atoms with E-state index in [-0.39, 0.29) is 12.0 Å². The molecule has 1 saturated carbocycles. The second-order valence-electron chi connectivity index (χ2n) is 9.83. The Morgan fingerprint density at radius 3 is 2.77 bits per heavy atom. The van der Waals surface area contributed by atoms with Crippen LogP contribution < -0.4 is 10.1 Å². The fourth-order valence-electron chi connectivity index (χ4n) is 5.84. The van der Waals surface area contributed by atoms with Gasteiger partial charge < -0.3 is 19.6 Å². The highest BCUT2D eigenvalue weighted by Crippen LogP contribution is 2.48. The fourth-order valence-corrected chi connectivity index (χ4v) is 7.10. The molecule has 3 aromatic rings. The first-order valence-electron chi connectivity index (χ1n) is 12.7. The Hall–Kier alpha value is -2.56. The lowest BCUT2D eigenvalue weighted by atomic mass is 9.91. The Morgan fingerprint density at radius 1 is 1.20 bits per heavy atom. The van der Waals surface area contributed by atoms with E-state index in [1.807, 2.05) is 13.2 Å². The number of carbonyl (C=O) groups is 1. The summed E-state index contributed by atoms with van der Waals surface area (Å²) >= 11 is 1.71. The van der Waals surface area contributed by atoms with E-state index in [4.69, 9.17) is 19.4 Å². The van der Waals surface area contributed by atoms with Gasteiger partial charge in [0.2, 0.25) is 11.8 Å². The lowest BCUT2D eigenvalue weighted by molar-refractivity contribution is -0.108. The van der Waals surface area contributed by atoms with Gasteiger partial charge in [-0.15, -0.1) is 11.3 Å². The van der Waals surface area contributed by atoms with Crippen molar-refractivity contribution in [1.82, 2.24) is 24.6 Å². The number of thiophene rings is 1. The molecular weight excluding hydrogens is 464 g/mol. The number of carbonyl (C=O) groups excluding carboxylic acids is 1. The largest absolute Gasteiger partial charge is 0.474 e. The number of aromatic nitrogens is 4. The average Bonchev–Trinajstić information content (AvgIpc) is 3.56. The summed E-state index contributed by atoms with van der Waals surface area (Å²) in [6, 6.07) is 0.620. The van der Waals surface area contributed by atoms with Crippen LogP contribution in [0.25, 0.3) is 10.2 Å². The van der Waals surface area contributed by atoms with Gasteiger partial charge in [0.05, 0.1) is 30.5 Å². The van der Waals surface area contributed by atoms with E-state index in [1.54, 1.807) is 22.2 Å². The highest BCUT2D eigenvalue weighted by atomic mass is 32.1. The highest BCUT2D eigenvalue weighted by molar-refractivity contribution is 7.19. The van der Waals surface area contributed by atoms with Crippen LogP contribution in [-0.2, 0) is 23.0 Å². The zero-order valence-electron chi connectivity index (χ0n) is 20.1. The van der Waals surface area contributed by atoms with Crippen LogP contribution in [0, 0.1) is 0 Å². The van der Waals surface area contributed by atoms with Crippen LogP contribution >= 0.6 is 11.3 Å². The van der Waals surface area contributed by atoms with Crippen molar-refractivity contribution in [2.75, 3.05) is 31.6 Å². The molecule has 2 aliphatic carbocycles. The Labute approximate surface area is 208 Å². The van der Waals surface area contributed by atoms with Crippen molar-refractivity contribution in [3.05, 3.63) is 22.8 Å². The Morgan fingerprint density at radius 2 is 2.03 bits per heavy atom. The number of morpholine rings is 1. The molecule has 0 radical (unpaired) electrons. The molecule has 2 fully saturated rings. The molecule has 1 saturated heterocycles. The Bertz CT molecular complexity index is 1200. The number of nitrogens with one attached hydrogen (secondary N) is 1. The summed E-state index contributed by atoms with van der Waals surface area (Å²) < 4.78 is 13.9. The molecule has 1 aliphatic heterocycles. The predicted molar refractivity (Wildman–Crippen MR) is 135 cm³/mol. The van der Waals surface area contributed by atoms with Gasteiger partial charge >= 0.3 is 0 Å². The number of aldehydes is 1. The molecule has 3 aromatic heterocycles. The number of nitrogens with zero attached hydrogens (tertiary/aromatic N) is 5. The maximum atomic E-state index is 11.4. The van der Waals surface area contributed by atoms with E-state index in [9.17, 15) is 4.79 Å². The third-order valence-corrected chi connectivity index (χ3v) is 8.75. The minimum atomic E-state index is 0.137. The van der Waals surface area contributed by atoms with Crippen molar-refractivity contribution in [2.45, 2.75) is 63.0 Å². The van der Waals surface area contributed by atoms with E-state index in [1.165, 1.54) is 10.4 Å². The second-order valence-corrected chi connectivity index (χ2v) is 10.9. The molecule has 10 heteroatoms. The molecule has 0 spiro atoms. The number of hydrogen-bond acceptors (Lipinski definition) is 9. The number of hydrogen-bond donors (Lipinski definition) is 1. The summed E-state index contributed by atoms with van der Waals surface area (Å²) in [6.45, 7) is 3.75. The van der Waals surface area contributed by atoms with Crippen molar-refractivity contribution in [3.8, 4) is 5.88 Å². The zero-order valence-corrected chi connectivity index (χ0v) is 20.9. The van der Waals surface area contributed by atoms with Gasteiger partial charge in [-0.3, -0.25) is 9.58 Å². The quantitative estimate of drug-likeness (QED) is 0.494. The number of anilines is 2. The number of rotatable bonds is 7. The monoisotopic (exact) mass is 496 g/mol. The molecule has 1 atom stereocenters. The Kier molecular flexibility index (Phi) is 6.42. The minimum Gasteiger partial charge on any atom is -0.474 e. The van der Waals surface area contributed by atoms with Gasteiger partial charge in [0.25, 0.3) is 0 Å². The van der Waals surface area contributed by atoms with Crippen molar-refractivity contribution in [1.29, 1.82) is 0 Å². The number of aryl methyl sites for hydroxylation is 2. The number of ether oxygens (including phenoxy) is 2. The van der Waals surface area contributed by atoms with Crippen LogP contribution in [0.1, 0.15) is 54.9 Å². The lowest BCUT2D eigenvalue weighted by Crippen LogP contribution is -2.46. The molecule has 0 amide bonds. The summed E-state index contributed by atoms with van der Waals surface area (Å²) in [4.78, 5) is 25.9. The lowest BCUT2D eigenvalue weighted by Gasteiger charge is -2.38. The fraction of sp³-hybridized carbons (Fsp3) is 0.600. The third kappa shape index (κ3) is 4.66. The summed E-state index contributed by atoms with van der Waals surface area (Å²) in [5, 5.41) is 8.54. The molecule has 4 heterocycles. The van der Waals surface area contributed by atoms with Gasteiger partial charge in [0, 0.05) is 43.7 Å². The van der Waals surface area contributed by atoms with Crippen molar-refractivity contribution >= 4 is 39.5 Å². The first-order valence-corrected chi connectivity index (χ1v) is 13.5. The van der Waals surface area contributed by atoms with Crippen LogP contribution in [0.2, 0.25) is 0 Å². The van der Waals surface area contributed by atoms with Gasteiger partial charge in [-0.1, -0.05) is 0 Å². The number of fused-ring (bicyclic) bond motifs is 3. The standard InChI is InChI=1S/C25H32N6O3S/c1-30-15-17(14-26-30)27-25-28-23(22-21-16(8-11-32)2-7-20(21)35-24(22)29-25)34-19-5-3-18(4-6-19)31-9-12-33-13-10-31/h11,14-16,18-19H,2-10,12-13H2,1H3,(H,27,28,29)/t16-,18-,19-/m1/s1. The molecule has 186 valence electrons. The average molecular weight is 497 g/mol. The van der Waals surface area contributed by atoms with Crippen molar-refractivity contribution in [3.63, 3.8) is 0 Å². The summed E-state index contributed by atoms with van der Waals surface area (Å²) in [5.41, 5.74) is 2.08. The molecule has 0 aromatic carbocycles. The molecule has 1 N–H and O–H groups in total. The minimum absolute atomic E-state index is 0.137. The highest BCUT2D eigenvalue weighted by Gasteiger charge is 2.33.